The van der Waals surface area contributed by atoms with E-state index in [0.29, 0.717) is 12.1 Å². The first-order valence-corrected chi connectivity index (χ1v) is 7.00. The number of hydrogen-bond donors (Lipinski definition) is 1. The maximum absolute atomic E-state index is 12.7. The lowest BCUT2D eigenvalue weighted by atomic mass is 10.1. The van der Waals surface area contributed by atoms with Crippen molar-refractivity contribution in [3.63, 3.8) is 0 Å². The van der Waals surface area contributed by atoms with Gasteiger partial charge in [-0.1, -0.05) is 12.1 Å². The SMILES string of the molecule is CCN(C(=O)c1ccc2nc[nH]c2c1)c1cccc(C)c1. The Labute approximate surface area is 123 Å². The molecule has 2 aromatic carbocycles. The van der Waals surface area contributed by atoms with Crippen LogP contribution in [0, 0.1) is 6.92 Å². The topological polar surface area (TPSA) is 49.0 Å². The minimum atomic E-state index is -0.000370. The lowest BCUT2D eigenvalue weighted by Gasteiger charge is -2.21. The number of H-pyrrole nitrogens is 1. The Morgan fingerprint density at radius 2 is 2.10 bits per heavy atom. The van der Waals surface area contributed by atoms with Crippen molar-refractivity contribution < 1.29 is 4.79 Å². The Balaban J connectivity index is 1.98. The molecule has 1 aromatic heterocycles. The summed E-state index contributed by atoms with van der Waals surface area (Å²) < 4.78 is 0. The molecular formula is C17H17N3O. The van der Waals surface area contributed by atoms with Crippen LogP contribution in [0.1, 0.15) is 22.8 Å². The lowest BCUT2D eigenvalue weighted by Crippen LogP contribution is -2.30. The standard InChI is InChI=1S/C17H17N3O/c1-3-20(14-6-4-5-12(2)9-14)17(21)13-7-8-15-16(10-13)19-11-18-15/h4-11H,3H2,1-2H3,(H,18,19). The number of nitrogens with zero attached hydrogens (tertiary/aromatic N) is 2. The Hall–Kier alpha value is -2.62. The molecule has 4 nitrogen and oxygen atoms in total. The van der Waals surface area contributed by atoms with Crippen molar-refractivity contribution >= 4 is 22.6 Å². The van der Waals surface area contributed by atoms with Gasteiger partial charge in [0.15, 0.2) is 0 Å². The Morgan fingerprint density at radius 3 is 2.86 bits per heavy atom. The number of nitrogens with one attached hydrogen (secondary N) is 1. The number of carbonyl (C=O) groups is 1. The van der Waals surface area contributed by atoms with Gasteiger partial charge in [0.2, 0.25) is 0 Å². The Morgan fingerprint density at radius 1 is 1.24 bits per heavy atom. The summed E-state index contributed by atoms with van der Waals surface area (Å²) >= 11 is 0. The summed E-state index contributed by atoms with van der Waals surface area (Å²) in [6.07, 6.45) is 1.64. The van der Waals surface area contributed by atoms with Crippen LogP contribution < -0.4 is 4.90 Å². The summed E-state index contributed by atoms with van der Waals surface area (Å²) in [6, 6.07) is 13.5. The zero-order chi connectivity index (χ0) is 14.8. The number of anilines is 1. The highest BCUT2D eigenvalue weighted by Crippen LogP contribution is 2.20. The highest BCUT2D eigenvalue weighted by Gasteiger charge is 2.16. The third-order valence-electron chi connectivity index (χ3n) is 3.54. The average Bonchev–Trinajstić information content (AvgIpc) is 2.95. The molecular weight excluding hydrogens is 262 g/mol. The van der Waals surface area contributed by atoms with E-state index in [0.717, 1.165) is 22.3 Å². The molecule has 1 N–H and O–H groups in total. The van der Waals surface area contributed by atoms with Crippen LogP contribution in [0.2, 0.25) is 0 Å². The van der Waals surface area contributed by atoms with E-state index in [4.69, 9.17) is 0 Å². The van der Waals surface area contributed by atoms with E-state index in [1.807, 2.05) is 56.3 Å². The monoisotopic (exact) mass is 279 g/mol. The summed E-state index contributed by atoms with van der Waals surface area (Å²) in [5, 5.41) is 0. The normalized spacial score (nSPS) is 10.8. The second kappa shape index (κ2) is 5.40. The second-order valence-electron chi connectivity index (χ2n) is 5.02. The number of aryl methyl sites for hydroxylation is 1. The van der Waals surface area contributed by atoms with E-state index in [9.17, 15) is 4.79 Å². The summed E-state index contributed by atoms with van der Waals surface area (Å²) in [7, 11) is 0. The van der Waals surface area contributed by atoms with Crippen LogP contribution in [0.5, 0.6) is 0 Å². The van der Waals surface area contributed by atoms with Crippen molar-refractivity contribution in [2.24, 2.45) is 0 Å². The van der Waals surface area contributed by atoms with Gasteiger partial charge < -0.3 is 9.88 Å². The fourth-order valence-corrected chi connectivity index (χ4v) is 2.46. The molecule has 3 rings (SSSR count). The highest BCUT2D eigenvalue weighted by molar-refractivity contribution is 6.07. The maximum atomic E-state index is 12.7. The number of amides is 1. The predicted molar refractivity (Wildman–Crippen MR) is 84.6 cm³/mol. The third-order valence-corrected chi connectivity index (χ3v) is 3.54. The predicted octanol–water partition coefficient (Wildman–Crippen LogP) is 3.54. The second-order valence-corrected chi connectivity index (χ2v) is 5.02. The first-order chi connectivity index (χ1) is 10.2. The molecule has 0 unspecified atom stereocenters. The minimum absolute atomic E-state index is 0.000370. The van der Waals surface area contributed by atoms with E-state index in [1.165, 1.54) is 0 Å². The molecule has 0 saturated carbocycles. The third kappa shape index (κ3) is 2.52. The van der Waals surface area contributed by atoms with Gasteiger partial charge in [0.1, 0.15) is 0 Å². The van der Waals surface area contributed by atoms with E-state index in [2.05, 4.69) is 9.97 Å². The summed E-state index contributed by atoms with van der Waals surface area (Å²) in [6.45, 7) is 4.64. The van der Waals surface area contributed by atoms with Crippen LogP contribution in [0.4, 0.5) is 5.69 Å². The van der Waals surface area contributed by atoms with Crippen LogP contribution >= 0.6 is 0 Å². The van der Waals surface area contributed by atoms with Gasteiger partial charge in [-0.15, -0.1) is 0 Å². The number of fused-ring (bicyclic) bond motifs is 1. The first kappa shape index (κ1) is 13.4. The average molecular weight is 279 g/mol. The molecule has 0 radical (unpaired) electrons. The number of benzene rings is 2. The number of carbonyl (C=O) groups excluding carboxylic acids is 1. The summed E-state index contributed by atoms with van der Waals surface area (Å²) in [5.74, 6) is -0.000370. The van der Waals surface area contributed by atoms with Crippen LogP contribution in [0.25, 0.3) is 11.0 Å². The molecule has 1 amide bonds. The molecule has 21 heavy (non-hydrogen) atoms. The fraction of sp³-hybridized carbons (Fsp3) is 0.176. The van der Waals surface area contributed by atoms with Gasteiger partial charge >= 0.3 is 0 Å². The molecule has 0 atom stereocenters. The van der Waals surface area contributed by atoms with Crippen molar-refractivity contribution in [2.45, 2.75) is 13.8 Å². The largest absolute Gasteiger partial charge is 0.345 e. The van der Waals surface area contributed by atoms with Crippen LogP contribution in [-0.2, 0) is 0 Å². The van der Waals surface area contributed by atoms with Crippen molar-refractivity contribution in [3.8, 4) is 0 Å². The lowest BCUT2D eigenvalue weighted by molar-refractivity contribution is 0.0988. The first-order valence-electron chi connectivity index (χ1n) is 7.00. The zero-order valence-electron chi connectivity index (χ0n) is 12.1. The van der Waals surface area contributed by atoms with E-state index < -0.39 is 0 Å². The van der Waals surface area contributed by atoms with Crippen LogP contribution in [-0.4, -0.2) is 22.4 Å². The van der Waals surface area contributed by atoms with Gasteiger partial charge in [0.25, 0.3) is 5.91 Å². The van der Waals surface area contributed by atoms with Crippen molar-refractivity contribution in [1.29, 1.82) is 0 Å². The maximum Gasteiger partial charge on any atom is 0.258 e. The van der Waals surface area contributed by atoms with Gasteiger partial charge in [-0.25, -0.2) is 4.98 Å². The van der Waals surface area contributed by atoms with Crippen molar-refractivity contribution in [3.05, 3.63) is 59.9 Å². The molecule has 1 heterocycles. The van der Waals surface area contributed by atoms with Crippen molar-refractivity contribution in [1.82, 2.24) is 9.97 Å². The zero-order valence-corrected chi connectivity index (χ0v) is 12.1. The minimum Gasteiger partial charge on any atom is -0.345 e. The quantitative estimate of drug-likeness (QED) is 0.797. The number of rotatable bonds is 3. The molecule has 4 heteroatoms. The molecule has 0 spiro atoms. The van der Waals surface area contributed by atoms with Crippen LogP contribution in [0.3, 0.4) is 0 Å². The van der Waals surface area contributed by atoms with E-state index in [1.54, 1.807) is 11.2 Å². The van der Waals surface area contributed by atoms with Gasteiger partial charge in [-0.05, 0) is 49.7 Å². The molecule has 0 aliphatic carbocycles. The fourth-order valence-electron chi connectivity index (χ4n) is 2.46. The molecule has 0 aliphatic rings. The molecule has 0 bridgehead atoms. The number of imidazole rings is 1. The summed E-state index contributed by atoms with van der Waals surface area (Å²) in [4.78, 5) is 21.7. The Kier molecular flexibility index (Phi) is 3.44. The van der Waals surface area contributed by atoms with Crippen LogP contribution in [0.15, 0.2) is 48.8 Å². The smallest absolute Gasteiger partial charge is 0.258 e. The molecule has 3 aromatic rings. The van der Waals surface area contributed by atoms with Gasteiger partial charge in [-0.3, -0.25) is 4.79 Å². The molecule has 0 saturated heterocycles. The number of aromatic amines is 1. The Bertz CT molecular complexity index is 791. The summed E-state index contributed by atoms with van der Waals surface area (Å²) in [5.41, 5.74) is 4.47. The van der Waals surface area contributed by atoms with Gasteiger partial charge in [0.05, 0.1) is 17.4 Å². The van der Waals surface area contributed by atoms with Gasteiger partial charge in [-0.2, -0.15) is 0 Å². The number of aromatic nitrogens is 2. The van der Waals surface area contributed by atoms with E-state index in [-0.39, 0.29) is 5.91 Å². The number of hydrogen-bond acceptors (Lipinski definition) is 2. The molecule has 0 fully saturated rings. The molecule has 106 valence electrons. The van der Waals surface area contributed by atoms with Crippen molar-refractivity contribution in [2.75, 3.05) is 11.4 Å². The van der Waals surface area contributed by atoms with E-state index >= 15 is 0 Å². The highest BCUT2D eigenvalue weighted by atomic mass is 16.2. The van der Waals surface area contributed by atoms with Gasteiger partial charge in [0, 0.05) is 17.8 Å². The molecule has 0 aliphatic heterocycles.